The first-order valence-corrected chi connectivity index (χ1v) is 15.7. The van der Waals surface area contributed by atoms with Gasteiger partial charge in [-0.3, -0.25) is 19.2 Å². The van der Waals surface area contributed by atoms with E-state index in [4.69, 9.17) is 11.6 Å². The van der Waals surface area contributed by atoms with Gasteiger partial charge in [0.1, 0.15) is 0 Å². The van der Waals surface area contributed by atoms with Crippen molar-refractivity contribution in [3.05, 3.63) is 151 Å². The number of Topliss-reactive ketones (excluding diaryl/α,β-unsaturated/α-hetero) is 4. The van der Waals surface area contributed by atoms with E-state index in [1.807, 2.05) is 12.1 Å². The Morgan fingerprint density at radius 3 is 1.62 bits per heavy atom. The summed E-state index contributed by atoms with van der Waals surface area (Å²) < 4.78 is 0. The number of ketones is 4. The van der Waals surface area contributed by atoms with E-state index in [2.05, 4.69) is 38.1 Å². The molecule has 0 N–H and O–H groups in total. The molecular formula is C39H23ClO4S. The molecular weight excluding hydrogens is 600 g/mol. The first kappa shape index (κ1) is 27.6. The van der Waals surface area contributed by atoms with E-state index >= 15 is 0 Å². The Morgan fingerprint density at radius 2 is 1.07 bits per heavy atom. The summed E-state index contributed by atoms with van der Waals surface area (Å²) >= 11 is 8.19. The van der Waals surface area contributed by atoms with Crippen molar-refractivity contribution in [1.82, 2.24) is 0 Å². The number of carbonyl (C=O) groups excluding carboxylic acids is 4. The van der Waals surface area contributed by atoms with Gasteiger partial charge in [0.25, 0.3) is 0 Å². The number of rotatable bonds is 3. The maximum Gasteiger partial charge on any atom is 0.197 e. The maximum atomic E-state index is 13.0. The van der Waals surface area contributed by atoms with Gasteiger partial charge in [0, 0.05) is 32.5 Å². The highest BCUT2D eigenvalue weighted by Crippen LogP contribution is 2.51. The number of hydrogen-bond donors (Lipinski definition) is 0. The van der Waals surface area contributed by atoms with Crippen molar-refractivity contribution in [3.8, 4) is 21.6 Å². The number of fused-ring (bicyclic) bond motifs is 5. The first-order valence-electron chi connectivity index (χ1n) is 14.5. The van der Waals surface area contributed by atoms with Crippen LogP contribution in [0.1, 0.15) is 76.8 Å². The van der Waals surface area contributed by atoms with Crippen molar-refractivity contribution in [2.24, 2.45) is 0 Å². The molecule has 45 heavy (non-hydrogen) atoms. The Labute approximate surface area is 268 Å². The van der Waals surface area contributed by atoms with E-state index in [1.165, 1.54) is 11.3 Å². The lowest BCUT2D eigenvalue weighted by molar-refractivity contribution is 0.0975. The summed E-state index contributed by atoms with van der Waals surface area (Å²) in [5, 5.41) is 0.552. The number of halogens is 1. The van der Waals surface area contributed by atoms with Crippen LogP contribution >= 0.6 is 22.9 Å². The molecule has 3 aliphatic rings. The normalized spacial score (nSPS) is 15.7. The molecule has 6 heteroatoms. The van der Waals surface area contributed by atoms with E-state index in [-0.39, 0.29) is 39.7 Å². The zero-order valence-electron chi connectivity index (χ0n) is 24.2. The summed E-state index contributed by atoms with van der Waals surface area (Å²) in [5.74, 6) is -1.01. The summed E-state index contributed by atoms with van der Waals surface area (Å²) in [7, 11) is 0. The van der Waals surface area contributed by atoms with Crippen molar-refractivity contribution < 1.29 is 19.2 Å². The first-order chi connectivity index (χ1) is 21.6. The SMILES string of the molecule is CC1(C)c2cc(C=C3C(=O)c4ccccc4C3=O)ccc2-c2ccc(-c3sc(C=C4C(=O)c5ccccc5C4=O)cc3Cl)cc21. The van der Waals surface area contributed by atoms with Crippen LogP contribution in [0.5, 0.6) is 0 Å². The van der Waals surface area contributed by atoms with Gasteiger partial charge in [-0.05, 0) is 57.7 Å². The standard InChI is InChI=1S/C39H23ClO4S/c1-39(2)31-16-20(15-29-34(41)25-7-3-4-8-26(25)35(29)42)11-13-23(31)24-14-12-21(17-32(24)39)38-33(40)19-22(45-38)18-30-36(43)27-9-5-6-10-28(27)37(30)44/h3-19H,1-2H3. The summed E-state index contributed by atoms with van der Waals surface area (Å²) in [4.78, 5) is 53.4. The summed E-state index contributed by atoms with van der Waals surface area (Å²) in [6.45, 7) is 4.34. The van der Waals surface area contributed by atoms with Gasteiger partial charge >= 0.3 is 0 Å². The molecule has 0 amide bonds. The summed E-state index contributed by atoms with van der Waals surface area (Å²) in [6.07, 6.45) is 3.35. The Bertz CT molecular complexity index is 2210. The lowest BCUT2D eigenvalue weighted by atomic mass is 9.81. The largest absolute Gasteiger partial charge is 0.288 e. The molecule has 4 nitrogen and oxygen atoms in total. The van der Waals surface area contributed by atoms with Gasteiger partial charge in [-0.15, -0.1) is 11.3 Å². The predicted molar refractivity (Wildman–Crippen MR) is 178 cm³/mol. The van der Waals surface area contributed by atoms with E-state index in [1.54, 1.807) is 66.7 Å². The minimum atomic E-state index is -0.356. The monoisotopic (exact) mass is 622 g/mol. The highest BCUT2D eigenvalue weighted by Gasteiger charge is 2.37. The van der Waals surface area contributed by atoms with E-state index in [9.17, 15) is 19.2 Å². The van der Waals surface area contributed by atoms with Crippen LogP contribution in [0.25, 0.3) is 33.7 Å². The minimum absolute atomic E-state index is 0.154. The van der Waals surface area contributed by atoms with Crippen LogP contribution in [-0.2, 0) is 5.41 Å². The average Bonchev–Trinajstić information content (AvgIpc) is 3.69. The molecule has 0 atom stereocenters. The Hall–Kier alpha value is -4.97. The molecule has 0 saturated heterocycles. The molecule has 0 aliphatic heterocycles. The topological polar surface area (TPSA) is 68.3 Å². The van der Waals surface area contributed by atoms with Crippen molar-refractivity contribution >= 4 is 58.2 Å². The molecule has 0 fully saturated rings. The zero-order valence-corrected chi connectivity index (χ0v) is 25.8. The van der Waals surface area contributed by atoms with E-state index < -0.39 is 0 Å². The lowest BCUT2D eigenvalue weighted by Crippen LogP contribution is -2.15. The molecule has 4 aromatic carbocycles. The van der Waals surface area contributed by atoms with Crippen LogP contribution in [0, 0.1) is 0 Å². The van der Waals surface area contributed by atoms with Crippen molar-refractivity contribution in [1.29, 1.82) is 0 Å². The molecule has 0 bridgehead atoms. The maximum absolute atomic E-state index is 13.0. The number of benzene rings is 4. The fourth-order valence-electron chi connectivity index (χ4n) is 6.76. The summed E-state index contributed by atoms with van der Waals surface area (Å²) in [5.41, 5.74) is 7.99. The molecule has 0 radical (unpaired) electrons. The van der Waals surface area contributed by atoms with E-state index in [0.717, 1.165) is 43.1 Å². The van der Waals surface area contributed by atoms with Gasteiger partial charge in [0.05, 0.1) is 21.0 Å². The van der Waals surface area contributed by atoms with Crippen LogP contribution < -0.4 is 0 Å². The quantitative estimate of drug-likeness (QED) is 0.149. The molecule has 0 spiro atoms. The molecule has 5 aromatic rings. The molecule has 1 aromatic heterocycles. The Morgan fingerprint density at radius 1 is 0.578 bits per heavy atom. The summed E-state index contributed by atoms with van der Waals surface area (Å²) in [6, 6.07) is 28.0. The van der Waals surface area contributed by atoms with Gasteiger partial charge in [0.2, 0.25) is 0 Å². The molecule has 0 unspecified atom stereocenters. The third-order valence-electron chi connectivity index (χ3n) is 9.08. The number of carbonyl (C=O) groups is 4. The fraction of sp³-hybridized carbons (Fsp3) is 0.0769. The molecule has 0 saturated carbocycles. The van der Waals surface area contributed by atoms with Crippen molar-refractivity contribution in [2.75, 3.05) is 0 Å². The van der Waals surface area contributed by atoms with E-state index in [0.29, 0.717) is 27.3 Å². The predicted octanol–water partition coefficient (Wildman–Crippen LogP) is 9.30. The molecule has 3 aliphatic carbocycles. The third kappa shape index (κ3) is 4.04. The Kier molecular flexibility index (Phi) is 5.98. The lowest BCUT2D eigenvalue weighted by Gasteiger charge is -2.22. The van der Waals surface area contributed by atoms with Crippen molar-refractivity contribution in [2.45, 2.75) is 19.3 Å². The number of thiophene rings is 1. The molecule has 216 valence electrons. The average molecular weight is 623 g/mol. The van der Waals surface area contributed by atoms with Gasteiger partial charge in [-0.25, -0.2) is 0 Å². The molecule has 8 rings (SSSR count). The number of allylic oxidation sites excluding steroid dienone is 2. The minimum Gasteiger partial charge on any atom is -0.288 e. The van der Waals surface area contributed by atoms with Gasteiger partial charge in [-0.2, -0.15) is 0 Å². The van der Waals surface area contributed by atoms with Crippen LogP contribution in [0.2, 0.25) is 5.02 Å². The second kappa shape index (κ2) is 9.77. The van der Waals surface area contributed by atoms with Crippen LogP contribution in [0.3, 0.4) is 0 Å². The number of hydrogen-bond acceptors (Lipinski definition) is 5. The van der Waals surface area contributed by atoms with Crippen molar-refractivity contribution in [3.63, 3.8) is 0 Å². The smallest absolute Gasteiger partial charge is 0.197 e. The highest BCUT2D eigenvalue weighted by atomic mass is 35.5. The molecule has 1 heterocycles. The van der Waals surface area contributed by atoms with Crippen LogP contribution in [-0.4, -0.2) is 23.1 Å². The highest BCUT2D eigenvalue weighted by molar-refractivity contribution is 7.17. The second-order valence-electron chi connectivity index (χ2n) is 12.0. The van der Waals surface area contributed by atoms with Crippen LogP contribution in [0.15, 0.2) is 102 Å². The van der Waals surface area contributed by atoms with Crippen LogP contribution in [0.4, 0.5) is 0 Å². The van der Waals surface area contributed by atoms with Gasteiger partial charge in [-0.1, -0.05) is 104 Å². The Balaban J connectivity index is 1.13. The fourth-order valence-corrected chi connectivity index (χ4v) is 8.15. The zero-order chi connectivity index (χ0) is 31.2. The second-order valence-corrected chi connectivity index (χ2v) is 13.5. The van der Waals surface area contributed by atoms with Gasteiger partial charge < -0.3 is 0 Å². The third-order valence-corrected chi connectivity index (χ3v) is 10.6. The van der Waals surface area contributed by atoms with Gasteiger partial charge in [0.15, 0.2) is 23.1 Å².